The van der Waals surface area contributed by atoms with Gasteiger partial charge in [-0.3, -0.25) is 4.79 Å². The van der Waals surface area contributed by atoms with Gasteiger partial charge in [0.25, 0.3) is 5.91 Å². The van der Waals surface area contributed by atoms with Crippen molar-refractivity contribution in [3.63, 3.8) is 0 Å². The zero-order chi connectivity index (χ0) is 15.5. The van der Waals surface area contributed by atoms with Gasteiger partial charge in [0.1, 0.15) is 6.04 Å². The quantitative estimate of drug-likeness (QED) is 0.591. The Bertz CT molecular complexity index is 474. The van der Waals surface area contributed by atoms with E-state index >= 15 is 0 Å². The number of ether oxygens (including phenoxy) is 2. The summed E-state index contributed by atoms with van der Waals surface area (Å²) in [6, 6.07) is 8.64. The second-order valence-electron chi connectivity index (χ2n) is 4.53. The van der Waals surface area contributed by atoms with Gasteiger partial charge in [-0.05, 0) is 30.7 Å². The molecule has 1 N–H and O–H groups in total. The van der Waals surface area contributed by atoms with Gasteiger partial charge in [0.15, 0.2) is 6.29 Å². The molecule has 1 atom stereocenters. The van der Waals surface area contributed by atoms with Gasteiger partial charge in [-0.15, -0.1) is 5.73 Å². The number of carbonyl (C=O) groups is 1. The minimum absolute atomic E-state index is 0.173. The van der Waals surface area contributed by atoms with Crippen molar-refractivity contribution >= 4 is 5.91 Å². The van der Waals surface area contributed by atoms with E-state index in [-0.39, 0.29) is 5.91 Å². The average Bonchev–Trinajstić information content (AvgIpc) is 2.53. The number of hydrogen-bond acceptors (Lipinski definition) is 3. The molecule has 0 spiro atoms. The molecule has 1 amide bonds. The second-order valence-corrected chi connectivity index (χ2v) is 4.53. The van der Waals surface area contributed by atoms with E-state index in [0.29, 0.717) is 5.56 Å². The fourth-order valence-electron chi connectivity index (χ4n) is 1.80. The highest BCUT2D eigenvalue weighted by molar-refractivity contribution is 5.94. The Morgan fingerprint density at radius 2 is 1.95 bits per heavy atom. The van der Waals surface area contributed by atoms with Gasteiger partial charge in [-0.25, -0.2) is 0 Å². The fourth-order valence-corrected chi connectivity index (χ4v) is 1.80. The van der Waals surface area contributed by atoms with Crippen LogP contribution in [0.25, 0.3) is 0 Å². The van der Waals surface area contributed by atoms with Crippen LogP contribution in [0.1, 0.15) is 30.1 Å². The normalized spacial score (nSPS) is 11.6. The summed E-state index contributed by atoms with van der Waals surface area (Å²) >= 11 is 0. The van der Waals surface area contributed by atoms with Crippen LogP contribution in [0.5, 0.6) is 0 Å². The lowest BCUT2D eigenvalue weighted by molar-refractivity contribution is -0.112. The highest BCUT2D eigenvalue weighted by Gasteiger charge is 2.20. The van der Waals surface area contributed by atoms with E-state index in [0.717, 1.165) is 12.8 Å². The fraction of sp³-hybridized carbons (Fsp3) is 0.412. The van der Waals surface area contributed by atoms with Gasteiger partial charge >= 0.3 is 0 Å². The lowest BCUT2D eigenvalue weighted by atomic mass is 10.2. The minimum atomic E-state index is -0.555. The van der Waals surface area contributed by atoms with Gasteiger partial charge in [0.05, 0.1) is 0 Å². The summed E-state index contributed by atoms with van der Waals surface area (Å²) in [6.45, 7) is 2.10. The molecule has 0 radical (unpaired) electrons. The first kappa shape index (κ1) is 17.2. The van der Waals surface area contributed by atoms with Crippen LogP contribution in [0.3, 0.4) is 0 Å². The maximum Gasteiger partial charge on any atom is 0.251 e. The lowest BCUT2D eigenvalue weighted by Gasteiger charge is -2.22. The Balaban J connectivity index is 2.81. The Morgan fingerprint density at radius 3 is 2.52 bits per heavy atom. The minimum Gasteiger partial charge on any atom is -0.353 e. The van der Waals surface area contributed by atoms with Crippen molar-refractivity contribution in [2.45, 2.75) is 32.1 Å². The van der Waals surface area contributed by atoms with Crippen molar-refractivity contribution in [3.05, 3.63) is 53.8 Å². The van der Waals surface area contributed by atoms with E-state index in [4.69, 9.17) is 9.47 Å². The van der Waals surface area contributed by atoms with Crippen LogP contribution >= 0.6 is 0 Å². The summed E-state index contributed by atoms with van der Waals surface area (Å²) in [5.74, 6) is -0.173. The van der Waals surface area contributed by atoms with Crippen molar-refractivity contribution < 1.29 is 14.3 Å². The van der Waals surface area contributed by atoms with Crippen LogP contribution in [0.4, 0.5) is 0 Å². The van der Waals surface area contributed by atoms with E-state index in [1.165, 1.54) is 0 Å². The number of amides is 1. The van der Waals surface area contributed by atoms with Crippen molar-refractivity contribution in [2.75, 3.05) is 14.2 Å². The summed E-state index contributed by atoms with van der Waals surface area (Å²) < 4.78 is 10.5. The smallest absolute Gasteiger partial charge is 0.251 e. The summed E-state index contributed by atoms with van der Waals surface area (Å²) in [5.41, 5.74) is 3.66. The number of nitrogens with one attached hydrogen (secondary N) is 1. The molecule has 0 bridgehead atoms. The molecule has 0 aliphatic rings. The van der Waals surface area contributed by atoms with Gasteiger partial charge < -0.3 is 14.8 Å². The molecular weight excluding hydrogens is 266 g/mol. The van der Waals surface area contributed by atoms with Crippen LogP contribution in [0, 0.1) is 0 Å². The van der Waals surface area contributed by atoms with Crippen molar-refractivity contribution in [2.24, 2.45) is 0 Å². The van der Waals surface area contributed by atoms with Crippen LogP contribution in [-0.4, -0.2) is 32.5 Å². The van der Waals surface area contributed by atoms with E-state index in [2.05, 4.69) is 18.0 Å². The topological polar surface area (TPSA) is 47.6 Å². The Kier molecular flexibility index (Phi) is 8.14. The molecule has 0 unspecified atom stereocenters. The van der Waals surface area contributed by atoms with Gasteiger partial charge in [-0.2, -0.15) is 0 Å². The average molecular weight is 289 g/mol. The number of rotatable bonds is 8. The molecule has 4 nitrogen and oxygen atoms in total. The number of carbonyl (C=O) groups excluding carboxylic acids is 1. The van der Waals surface area contributed by atoms with Crippen molar-refractivity contribution in [1.82, 2.24) is 5.32 Å². The Labute approximate surface area is 126 Å². The van der Waals surface area contributed by atoms with E-state index in [1.807, 2.05) is 24.3 Å². The lowest BCUT2D eigenvalue weighted by Crippen LogP contribution is -2.43. The van der Waals surface area contributed by atoms with Gasteiger partial charge in [0, 0.05) is 19.8 Å². The predicted octanol–water partition coefficient (Wildman–Crippen LogP) is 2.92. The molecule has 1 aromatic carbocycles. The first-order valence-corrected chi connectivity index (χ1v) is 7.05. The maximum absolute atomic E-state index is 12.2. The number of methoxy groups -OCH3 is 2. The summed E-state index contributed by atoms with van der Waals surface area (Å²) in [7, 11) is 3.08. The predicted molar refractivity (Wildman–Crippen MR) is 83.1 cm³/mol. The molecular formula is C17H23NO3. The van der Waals surface area contributed by atoms with E-state index in [9.17, 15) is 4.79 Å². The standard InChI is InChI=1S/C17H23NO3/c1-4-5-6-10-13-15(17(20-2)21-3)18-16(19)14-11-8-7-9-12-14/h6-9,11-13,15,17H,4-5H2,1-3H3,(H,18,19)/t10?,15-/m0/s1. The SMILES string of the molecule is CCCC=C=C[C@H](NC(=O)c1ccccc1)C(OC)OC. The van der Waals surface area contributed by atoms with Gasteiger partial charge in [-0.1, -0.05) is 31.5 Å². The summed E-state index contributed by atoms with van der Waals surface area (Å²) in [4.78, 5) is 12.2. The highest BCUT2D eigenvalue weighted by Crippen LogP contribution is 2.05. The van der Waals surface area contributed by atoms with Crippen molar-refractivity contribution in [3.8, 4) is 0 Å². The van der Waals surface area contributed by atoms with Gasteiger partial charge in [0.2, 0.25) is 0 Å². The first-order valence-electron chi connectivity index (χ1n) is 7.05. The van der Waals surface area contributed by atoms with Crippen LogP contribution in [0.2, 0.25) is 0 Å². The zero-order valence-corrected chi connectivity index (χ0v) is 12.8. The Morgan fingerprint density at radius 1 is 1.29 bits per heavy atom. The Hall–Kier alpha value is -1.87. The van der Waals surface area contributed by atoms with Crippen LogP contribution < -0.4 is 5.32 Å². The van der Waals surface area contributed by atoms with Crippen LogP contribution in [-0.2, 0) is 9.47 Å². The zero-order valence-electron chi connectivity index (χ0n) is 12.8. The molecule has 0 aliphatic heterocycles. The third-order valence-electron chi connectivity index (χ3n) is 2.92. The first-order chi connectivity index (χ1) is 10.2. The van der Waals surface area contributed by atoms with Crippen molar-refractivity contribution in [1.29, 1.82) is 0 Å². The largest absolute Gasteiger partial charge is 0.353 e. The van der Waals surface area contributed by atoms with E-state index < -0.39 is 12.3 Å². The molecule has 1 aromatic rings. The maximum atomic E-state index is 12.2. The molecule has 0 aromatic heterocycles. The van der Waals surface area contributed by atoms with Crippen LogP contribution in [0.15, 0.2) is 48.2 Å². The monoisotopic (exact) mass is 289 g/mol. The molecule has 0 fully saturated rings. The third kappa shape index (κ3) is 5.96. The third-order valence-corrected chi connectivity index (χ3v) is 2.92. The molecule has 4 heteroatoms. The molecule has 0 heterocycles. The molecule has 0 saturated carbocycles. The number of benzene rings is 1. The molecule has 114 valence electrons. The van der Waals surface area contributed by atoms with E-state index in [1.54, 1.807) is 32.4 Å². The number of hydrogen-bond donors (Lipinski definition) is 1. The summed E-state index contributed by atoms with van der Waals surface area (Å²) in [5, 5.41) is 2.89. The molecule has 0 aliphatic carbocycles. The number of unbranched alkanes of at least 4 members (excludes halogenated alkanes) is 1. The summed E-state index contributed by atoms with van der Waals surface area (Å²) in [6.07, 6.45) is 5.14. The second kappa shape index (κ2) is 9.94. The molecule has 1 rings (SSSR count). The highest BCUT2D eigenvalue weighted by atomic mass is 16.7. The molecule has 0 saturated heterocycles. The molecule has 21 heavy (non-hydrogen) atoms.